The van der Waals surface area contributed by atoms with Gasteiger partial charge in [-0.2, -0.15) is 0 Å². The van der Waals surface area contributed by atoms with E-state index in [0.29, 0.717) is 6.04 Å². The molecule has 0 aliphatic heterocycles. The summed E-state index contributed by atoms with van der Waals surface area (Å²) in [6, 6.07) is 0.596. The number of nitrogens with one attached hydrogen (secondary N) is 1. The lowest BCUT2D eigenvalue weighted by Crippen LogP contribution is -2.07. The number of imidazole rings is 1. The average Bonchev–Trinajstić information content (AvgIpc) is 2.59. The van der Waals surface area contributed by atoms with E-state index in [1.54, 1.807) is 0 Å². The molecule has 0 fully saturated rings. The van der Waals surface area contributed by atoms with Gasteiger partial charge in [0.1, 0.15) is 0 Å². The minimum Gasteiger partial charge on any atom is -0.337 e. The van der Waals surface area contributed by atoms with Gasteiger partial charge in [0.2, 0.25) is 0 Å². The SMILES string of the molecule is CCCCC(CCC)n1cc[nH]c1=S. The number of aromatic amines is 1. The van der Waals surface area contributed by atoms with Crippen LogP contribution in [0.4, 0.5) is 0 Å². The quantitative estimate of drug-likeness (QED) is 0.705. The maximum Gasteiger partial charge on any atom is 0.177 e. The summed E-state index contributed by atoms with van der Waals surface area (Å²) >= 11 is 5.23. The molecule has 0 saturated heterocycles. The predicted octanol–water partition coefficient (Wildman–Crippen LogP) is 4.08. The van der Waals surface area contributed by atoms with Crippen LogP contribution in [0.25, 0.3) is 0 Å². The first-order valence-corrected chi connectivity index (χ1v) is 5.96. The molecular formula is C11H20N2S. The molecule has 0 saturated carbocycles. The molecule has 2 nitrogen and oxygen atoms in total. The van der Waals surface area contributed by atoms with Crippen molar-refractivity contribution in [3.63, 3.8) is 0 Å². The van der Waals surface area contributed by atoms with Gasteiger partial charge in [0.25, 0.3) is 0 Å². The largest absolute Gasteiger partial charge is 0.337 e. The second-order valence-electron chi connectivity index (χ2n) is 3.76. The van der Waals surface area contributed by atoms with Crippen molar-refractivity contribution in [3.05, 3.63) is 17.2 Å². The molecule has 0 radical (unpaired) electrons. The van der Waals surface area contributed by atoms with E-state index in [0.717, 1.165) is 4.77 Å². The first-order valence-electron chi connectivity index (χ1n) is 5.55. The van der Waals surface area contributed by atoms with E-state index in [-0.39, 0.29) is 0 Å². The van der Waals surface area contributed by atoms with E-state index in [1.165, 1.54) is 32.1 Å². The van der Waals surface area contributed by atoms with Crippen molar-refractivity contribution in [2.75, 3.05) is 0 Å². The van der Waals surface area contributed by atoms with Gasteiger partial charge < -0.3 is 9.55 Å². The van der Waals surface area contributed by atoms with E-state index in [1.807, 2.05) is 6.20 Å². The molecule has 0 aliphatic carbocycles. The maximum absolute atomic E-state index is 5.23. The standard InChI is InChI=1S/C11H20N2S/c1-3-5-7-10(6-4-2)13-9-8-12-11(13)14/h8-10H,3-7H2,1-2H3,(H,12,14). The highest BCUT2D eigenvalue weighted by Gasteiger charge is 2.09. The zero-order valence-corrected chi connectivity index (χ0v) is 9.94. The smallest absolute Gasteiger partial charge is 0.177 e. The van der Waals surface area contributed by atoms with Gasteiger partial charge in [-0.05, 0) is 25.1 Å². The van der Waals surface area contributed by atoms with Crippen molar-refractivity contribution in [3.8, 4) is 0 Å². The van der Waals surface area contributed by atoms with Gasteiger partial charge in [0.15, 0.2) is 4.77 Å². The Labute approximate surface area is 91.3 Å². The Balaban J connectivity index is 2.67. The predicted molar refractivity (Wildman–Crippen MR) is 63.1 cm³/mol. The Hall–Kier alpha value is -0.570. The van der Waals surface area contributed by atoms with Crippen LogP contribution in [-0.2, 0) is 0 Å². The molecule has 0 aromatic carbocycles. The molecule has 3 heteroatoms. The van der Waals surface area contributed by atoms with Crippen LogP contribution in [0.15, 0.2) is 12.4 Å². The molecule has 1 rings (SSSR count). The Morgan fingerprint density at radius 2 is 2.14 bits per heavy atom. The van der Waals surface area contributed by atoms with E-state index < -0.39 is 0 Å². The summed E-state index contributed by atoms with van der Waals surface area (Å²) in [4.78, 5) is 3.06. The zero-order chi connectivity index (χ0) is 10.4. The van der Waals surface area contributed by atoms with Crippen LogP contribution in [-0.4, -0.2) is 9.55 Å². The van der Waals surface area contributed by atoms with Crippen molar-refractivity contribution in [2.24, 2.45) is 0 Å². The lowest BCUT2D eigenvalue weighted by atomic mass is 10.1. The summed E-state index contributed by atoms with van der Waals surface area (Å²) in [6.07, 6.45) is 10.2. The minimum absolute atomic E-state index is 0.596. The highest BCUT2D eigenvalue weighted by molar-refractivity contribution is 7.71. The van der Waals surface area contributed by atoms with Crippen LogP contribution in [0.1, 0.15) is 52.0 Å². The molecule has 1 unspecified atom stereocenters. The van der Waals surface area contributed by atoms with Crippen molar-refractivity contribution in [2.45, 2.75) is 52.0 Å². The molecule has 0 bridgehead atoms. The molecule has 0 amide bonds. The first kappa shape index (κ1) is 11.5. The van der Waals surface area contributed by atoms with Gasteiger partial charge >= 0.3 is 0 Å². The van der Waals surface area contributed by atoms with Crippen LogP contribution in [0, 0.1) is 4.77 Å². The maximum atomic E-state index is 5.23. The number of hydrogen-bond donors (Lipinski definition) is 1. The Morgan fingerprint density at radius 1 is 1.36 bits per heavy atom. The van der Waals surface area contributed by atoms with E-state index in [2.05, 4.69) is 29.6 Å². The van der Waals surface area contributed by atoms with Gasteiger partial charge in [0, 0.05) is 18.4 Å². The number of aromatic nitrogens is 2. The van der Waals surface area contributed by atoms with Crippen molar-refractivity contribution < 1.29 is 0 Å². The fraction of sp³-hybridized carbons (Fsp3) is 0.727. The average molecular weight is 212 g/mol. The number of nitrogens with zero attached hydrogens (tertiary/aromatic N) is 1. The number of H-pyrrole nitrogens is 1. The monoisotopic (exact) mass is 212 g/mol. The van der Waals surface area contributed by atoms with Crippen LogP contribution < -0.4 is 0 Å². The highest BCUT2D eigenvalue weighted by atomic mass is 32.1. The summed E-state index contributed by atoms with van der Waals surface area (Å²) < 4.78 is 3.06. The fourth-order valence-corrected chi connectivity index (χ4v) is 2.09. The second-order valence-corrected chi connectivity index (χ2v) is 4.14. The normalized spacial score (nSPS) is 13.0. The number of rotatable bonds is 6. The van der Waals surface area contributed by atoms with E-state index in [9.17, 15) is 0 Å². The molecule has 1 aromatic heterocycles. The molecule has 1 atom stereocenters. The summed E-state index contributed by atoms with van der Waals surface area (Å²) in [7, 11) is 0. The summed E-state index contributed by atoms with van der Waals surface area (Å²) in [5.41, 5.74) is 0. The molecule has 1 aromatic rings. The number of unbranched alkanes of at least 4 members (excludes halogenated alkanes) is 1. The fourth-order valence-electron chi connectivity index (χ4n) is 1.81. The third kappa shape index (κ3) is 2.98. The van der Waals surface area contributed by atoms with Crippen molar-refractivity contribution >= 4 is 12.2 Å². The van der Waals surface area contributed by atoms with E-state index >= 15 is 0 Å². The Morgan fingerprint density at radius 3 is 2.64 bits per heavy atom. The highest BCUT2D eigenvalue weighted by Crippen LogP contribution is 2.20. The van der Waals surface area contributed by atoms with Crippen LogP contribution in [0.2, 0.25) is 0 Å². The molecule has 1 N–H and O–H groups in total. The molecule has 80 valence electrons. The minimum atomic E-state index is 0.596. The summed E-state index contributed by atoms with van der Waals surface area (Å²) in [5, 5.41) is 0. The lowest BCUT2D eigenvalue weighted by molar-refractivity contribution is 0.413. The van der Waals surface area contributed by atoms with E-state index in [4.69, 9.17) is 12.2 Å². The molecule has 1 heterocycles. The van der Waals surface area contributed by atoms with Crippen molar-refractivity contribution in [1.82, 2.24) is 9.55 Å². The zero-order valence-electron chi connectivity index (χ0n) is 9.12. The molecule has 14 heavy (non-hydrogen) atoms. The van der Waals surface area contributed by atoms with Gasteiger partial charge in [-0.3, -0.25) is 0 Å². The van der Waals surface area contributed by atoms with Gasteiger partial charge in [0.05, 0.1) is 0 Å². The molecule has 0 spiro atoms. The third-order valence-corrected chi connectivity index (χ3v) is 2.91. The van der Waals surface area contributed by atoms with Gasteiger partial charge in [-0.1, -0.05) is 33.1 Å². The first-order chi connectivity index (χ1) is 6.79. The Kier molecular flexibility index (Phi) is 4.94. The topological polar surface area (TPSA) is 20.7 Å². The molecule has 0 aliphatic rings. The van der Waals surface area contributed by atoms with Crippen LogP contribution in [0.3, 0.4) is 0 Å². The van der Waals surface area contributed by atoms with Crippen LogP contribution in [0.5, 0.6) is 0 Å². The molecular weight excluding hydrogens is 192 g/mol. The van der Waals surface area contributed by atoms with Gasteiger partial charge in [-0.15, -0.1) is 0 Å². The summed E-state index contributed by atoms with van der Waals surface area (Å²) in [5.74, 6) is 0. The Bertz CT molecular complexity index is 300. The number of hydrogen-bond acceptors (Lipinski definition) is 1. The summed E-state index contributed by atoms with van der Waals surface area (Å²) in [6.45, 7) is 4.47. The van der Waals surface area contributed by atoms with Gasteiger partial charge in [-0.25, -0.2) is 0 Å². The lowest BCUT2D eigenvalue weighted by Gasteiger charge is -2.17. The second kappa shape index (κ2) is 6.02. The third-order valence-electron chi connectivity index (χ3n) is 2.58. The van der Waals surface area contributed by atoms with Crippen molar-refractivity contribution in [1.29, 1.82) is 0 Å². The van der Waals surface area contributed by atoms with Crippen LogP contribution >= 0.6 is 12.2 Å².